The zero-order chi connectivity index (χ0) is 21.5. The van der Waals surface area contributed by atoms with Crippen LogP contribution in [0.15, 0.2) is 70.7 Å². The van der Waals surface area contributed by atoms with Gasteiger partial charge in [-0.05, 0) is 53.6 Å². The van der Waals surface area contributed by atoms with Crippen molar-refractivity contribution in [3.05, 3.63) is 87.8 Å². The lowest BCUT2D eigenvalue weighted by molar-refractivity contribution is 0.0953. The van der Waals surface area contributed by atoms with Crippen LogP contribution in [0.2, 0.25) is 0 Å². The Morgan fingerprint density at radius 3 is 2.60 bits per heavy atom. The first-order valence-corrected chi connectivity index (χ1v) is 9.04. The molecule has 0 atom stereocenters. The molecular formula is C22H21N3O5. The molecule has 0 unspecified atom stereocenters. The molecule has 2 aromatic carbocycles. The Kier molecular flexibility index (Phi) is 6.49. The molecular weight excluding hydrogens is 386 g/mol. The Labute approximate surface area is 173 Å². The third-order valence-electron chi connectivity index (χ3n) is 4.36. The number of aromatic hydroxyl groups is 1. The fraction of sp³-hybridized carbons (Fsp3) is 0.136. The van der Waals surface area contributed by atoms with Gasteiger partial charge in [0.15, 0.2) is 11.5 Å². The molecule has 0 aliphatic rings. The number of aromatic nitrogens is 1. The van der Waals surface area contributed by atoms with E-state index in [0.29, 0.717) is 12.1 Å². The molecule has 1 heterocycles. The highest BCUT2D eigenvalue weighted by Gasteiger charge is 2.12. The minimum absolute atomic E-state index is 0.000354. The second-order valence-corrected chi connectivity index (χ2v) is 6.33. The molecule has 0 spiro atoms. The third kappa shape index (κ3) is 4.85. The van der Waals surface area contributed by atoms with Crippen LogP contribution in [-0.2, 0) is 6.54 Å². The summed E-state index contributed by atoms with van der Waals surface area (Å²) in [5.74, 6) is 0.393. The van der Waals surface area contributed by atoms with E-state index >= 15 is 0 Å². The van der Waals surface area contributed by atoms with Gasteiger partial charge in [0, 0.05) is 6.20 Å². The van der Waals surface area contributed by atoms with E-state index in [-0.39, 0.29) is 17.1 Å². The molecule has 0 radical (unpaired) electrons. The highest BCUT2D eigenvalue weighted by molar-refractivity contribution is 5.94. The van der Waals surface area contributed by atoms with Gasteiger partial charge >= 0.3 is 0 Å². The Morgan fingerprint density at radius 2 is 1.90 bits per heavy atom. The summed E-state index contributed by atoms with van der Waals surface area (Å²) in [7, 11) is 3.02. The molecule has 3 aromatic rings. The zero-order valence-electron chi connectivity index (χ0n) is 16.5. The predicted molar refractivity (Wildman–Crippen MR) is 113 cm³/mol. The number of pyridine rings is 1. The van der Waals surface area contributed by atoms with Gasteiger partial charge in [-0.25, -0.2) is 5.43 Å². The van der Waals surface area contributed by atoms with Crippen molar-refractivity contribution in [1.82, 2.24) is 9.99 Å². The number of hydrogen-bond donors (Lipinski definition) is 2. The average molecular weight is 407 g/mol. The second kappa shape index (κ2) is 9.42. The summed E-state index contributed by atoms with van der Waals surface area (Å²) in [5.41, 5.74) is 3.40. The van der Waals surface area contributed by atoms with Crippen molar-refractivity contribution in [2.75, 3.05) is 14.2 Å². The molecule has 1 aromatic heterocycles. The minimum Gasteiger partial charge on any atom is -0.504 e. The van der Waals surface area contributed by atoms with E-state index in [0.717, 1.165) is 11.3 Å². The molecule has 0 aliphatic heterocycles. The molecule has 0 aliphatic carbocycles. The van der Waals surface area contributed by atoms with Gasteiger partial charge in [0.05, 0.1) is 27.0 Å². The number of rotatable bonds is 7. The molecule has 0 bridgehead atoms. The minimum atomic E-state index is -0.619. The molecule has 8 heteroatoms. The van der Waals surface area contributed by atoms with Crippen LogP contribution < -0.4 is 20.5 Å². The van der Waals surface area contributed by atoms with Crippen LogP contribution >= 0.6 is 0 Å². The fourth-order valence-corrected chi connectivity index (χ4v) is 2.76. The average Bonchev–Trinajstić information content (AvgIpc) is 2.76. The van der Waals surface area contributed by atoms with Crippen LogP contribution in [0.1, 0.15) is 21.5 Å². The molecule has 1 amide bonds. The normalized spacial score (nSPS) is 10.7. The van der Waals surface area contributed by atoms with E-state index in [2.05, 4.69) is 10.5 Å². The van der Waals surface area contributed by atoms with Gasteiger partial charge in [0.2, 0.25) is 0 Å². The van der Waals surface area contributed by atoms with Crippen LogP contribution in [-0.4, -0.2) is 36.0 Å². The van der Waals surface area contributed by atoms with Crippen molar-refractivity contribution < 1.29 is 19.4 Å². The summed E-state index contributed by atoms with van der Waals surface area (Å²) in [6, 6.07) is 15.0. The number of nitrogens with one attached hydrogen (secondary N) is 1. The van der Waals surface area contributed by atoms with Gasteiger partial charge in [-0.15, -0.1) is 0 Å². The summed E-state index contributed by atoms with van der Waals surface area (Å²) < 4.78 is 11.6. The highest BCUT2D eigenvalue weighted by Crippen LogP contribution is 2.25. The second-order valence-electron chi connectivity index (χ2n) is 6.33. The first-order valence-electron chi connectivity index (χ1n) is 9.04. The fourth-order valence-electron chi connectivity index (χ4n) is 2.76. The number of nitrogens with zero attached hydrogens (tertiary/aromatic N) is 2. The smallest absolute Gasteiger partial charge is 0.276 e. The van der Waals surface area contributed by atoms with E-state index in [9.17, 15) is 14.7 Å². The lowest BCUT2D eigenvalue weighted by Crippen LogP contribution is -2.30. The summed E-state index contributed by atoms with van der Waals surface area (Å²) in [6.07, 6.45) is 3.01. The van der Waals surface area contributed by atoms with Crippen molar-refractivity contribution in [3.63, 3.8) is 0 Å². The Balaban J connectivity index is 1.71. The Hall–Kier alpha value is -4.07. The molecule has 0 saturated carbocycles. The van der Waals surface area contributed by atoms with Crippen molar-refractivity contribution in [1.29, 1.82) is 0 Å². The predicted octanol–water partition coefficient (Wildman–Crippen LogP) is 2.38. The number of hydrazone groups is 1. The summed E-state index contributed by atoms with van der Waals surface area (Å²) in [4.78, 5) is 25.1. The molecule has 2 N–H and O–H groups in total. The number of ether oxygens (including phenoxy) is 2. The number of amides is 1. The van der Waals surface area contributed by atoms with Gasteiger partial charge in [-0.2, -0.15) is 5.10 Å². The van der Waals surface area contributed by atoms with Crippen molar-refractivity contribution in [2.24, 2.45) is 5.10 Å². The van der Waals surface area contributed by atoms with Crippen molar-refractivity contribution >= 4 is 12.1 Å². The number of phenols is 1. The number of methoxy groups -OCH3 is 2. The number of benzene rings is 2. The Morgan fingerprint density at radius 1 is 1.13 bits per heavy atom. The first kappa shape index (κ1) is 20.7. The van der Waals surface area contributed by atoms with Crippen molar-refractivity contribution in [3.8, 4) is 17.2 Å². The molecule has 0 fully saturated rings. The van der Waals surface area contributed by atoms with E-state index in [1.54, 1.807) is 31.5 Å². The van der Waals surface area contributed by atoms with E-state index in [1.807, 2.05) is 24.3 Å². The standard InChI is InChI=1S/C22H21N3O5/c1-29-17-8-5-15(6-9-17)14-25-11-3-4-18(22(25)28)21(27)24-23-13-16-7-10-19(26)20(12-16)30-2/h3-13,26H,14H2,1-2H3,(H,24,27)/b23-13-. The Bertz CT molecular complexity index is 1120. The summed E-state index contributed by atoms with van der Waals surface area (Å²) in [5, 5.41) is 13.5. The van der Waals surface area contributed by atoms with Crippen molar-refractivity contribution in [2.45, 2.75) is 6.54 Å². The first-order chi connectivity index (χ1) is 14.5. The molecule has 154 valence electrons. The summed E-state index contributed by atoms with van der Waals surface area (Å²) in [6.45, 7) is 0.320. The van der Waals surface area contributed by atoms with E-state index < -0.39 is 11.5 Å². The SMILES string of the molecule is COc1ccc(Cn2cccc(C(=O)N/N=C\c3ccc(O)c(OC)c3)c2=O)cc1. The number of carbonyl (C=O) groups excluding carboxylic acids is 1. The van der Waals surface area contributed by atoms with Crippen LogP contribution in [0.5, 0.6) is 17.2 Å². The van der Waals surface area contributed by atoms with Gasteiger partial charge < -0.3 is 19.1 Å². The zero-order valence-corrected chi connectivity index (χ0v) is 16.5. The van der Waals surface area contributed by atoms with Crippen LogP contribution in [0.25, 0.3) is 0 Å². The monoisotopic (exact) mass is 407 g/mol. The molecule has 0 saturated heterocycles. The lowest BCUT2D eigenvalue weighted by Gasteiger charge is -2.08. The van der Waals surface area contributed by atoms with Gasteiger partial charge in [-0.3, -0.25) is 9.59 Å². The quantitative estimate of drug-likeness (QED) is 0.463. The van der Waals surface area contributed by atoms with E-state index in [1.165, 1.54) is 30.0 Å². The van der Waals surface area contributed by atoms with E-state index in [4.69, 9.17) is 9.47 Å². The van der Waals surface area contributed by atoms with Gasteiger partial charge in [0.25, 0.3) is 11.5 Å². The maximum absolute atomic E-state index is 12.7. The number of phenolic OH excluding ortho intramolecular Hbond substituents is 1. The number of hydrogen-bond acceptors (Lipinski definition) is 6. The largest absolute Gasteiger partial charge is 0.504 e. The topological polar surface area (TPSA) is 102 Å². The maximum Gasteiger partial charge on any atom is 0.276 e. The number of carbonyl (C=O) groups is 1. The summed E-state index contributed by atoms with van der Waals surface area (Å²) >= 11 is 0. The maximum atomic E-state index is 12.7. The van der Waals surface area contributed by atoms with Gasteiger partial charge in [-0.1, -0.05) is 12.1 Å². The molecule has 3 rings (SSSR count). The highest BCUT2D eigenvalue weighted by atomic mass is 16.5. The van der Waals surface area contributed by atoms with Crippen LogP contribution in [0.4, 0.5) is 0 Å². The van der Waals surface area contributed by atoms with Crippen LogP contribution in [0.3, 0.4) is 0 Å². The lowest BCUT2D eigenvalue weighted by atomic mass is 10.2. The van der Waals surface area contributed by atoms with Crippen LogP contribution in [0, 0.1) is 0 Å². The molecule has 8 nitrogen and oxygen atoms in total. The van der Waals surface area contributed by atoms with Gasteiger partial charge in [0.1, 0.15) is 11.3 Å². The molecule has 30 heavy (non-hydrogen) atoms. The third-order valence-corrected chi connectivity index (χ3v) is 4.36.